The van der Waals surface area contributed by atoms with Gasteiger partial charge < -0.3 is 0 Å². The molecular formula is C23H18FN3O. The maximum Gasteiger partial charge on any atom is 0.165 e. The number of ketones is 1. The molecule has 4 nitrogen and oxygen atoms in total. The molecule has 1 atom stereocenters. The standard InChI is InChI=1S/C23H18FN3O/c24-20-13-11-17(12-14-20)21-16-25-27(26-21)22(18-7-3-1-4-8-18)15-23(28)19-9-5-2-6-10-19/h1-14,16,22H,15H2. The van der Waals surface area contributed by atoms with Crippen molar-refractivity contribution in [1.82, 2.24) is 15.0 Å². The van der Waals surface area contributed by atoms with E-state index >= 15 is 0 Å². The number of halogens is 1. The monoisotopic (exact) mass is 371 g/mol. The van der Waals surface area contributed by atoms with Crippen LogP contribution in [0.25, 0.3) is 11.3 Å². The minimum absolute atomic E-state index is 0.0232. The molecule has 0 saturated heterocycles. The Hall–Kier alpha value is -3.60. The van der Waals surface area contributed by atoms with E-state index in [1.807, 2.05) is 60.7 Å². The van der Waals surface area contributed by atoms with Crippen LogP contribution in [-0.4, -0.2) is 20.8 Å². The largest absolute Gasteiger partial charge is 0.294 e. The zero-order chi connectivity index (χ0) is 19.3. The van der Waals surface area contributed by atoms with Gasteiger partial charge in [0.15, 0.2) is 5.78 Å². The van der Waals surface area contributed by atoms with Crippen molar-refractivity contribution in [2.45, 2.75) is 12.5 Å². The molecule has 0 aliphatic rings. The first-order valence-corrected chi connectivity index (χ1v) is 9.01. The highest BCUT2D eigenvalue weighted by molar-refractivity contribution is 5.96. The predicted octanol–water partition coefficient (Wildman–Crippen LogP) is 4.95. The van der Waals surface area contributed by atoms with Gasteiger partial charge in [0, 0.05) is 17.5 Å². The fourth-order valence-corrected chi connectivity index (χ4v) is 3.10. The summed E-state index contributed by atoms with van der Waals surface area (Å²) >= 11 is 0. The van der Waals surface area contributed by atoms with Crippen LogP contribution >= 0.6 is 0 Å². The van der Waals surface area contributed by atoms with E-state index in [4.69, 9.17) is 0 Å². The number of carbonyl (C=O) groups excluding carboxylic acids is 1. The van der Waals surface area contributed by atoms with Gasteiger partial charge in [-0.05, 0) is 29.8 Å². The molecule has 3 aromatic carbocycles. The molecule has 138 valence electrons. The maximum absolute atomic E-state index is 13.2. The molecular weight excluding hydrogens is 353 g/mol. The molecule has 0 radical (unpaired) electrons. The minimum atomic E-state index is -0.330. The van der Waals surface area contributed by atoms with E-state index in [2.05, 4.69) is 10.2 Å². The van der Waals surface area contributed by atoms with Crippen molar-refractivity contribution in [2.24, 2.45) is 0 Å². The van der Waals surface area contributed by atoms with Crippen molar-refractivity contribution in [3.05, 3.63) is 108 Å². The summed E-state index contributed by atoms with van der Waals surface area (Å²) in [5.74, 6) is -0.276. The van der Waals surface area contributed by atoms with Crippen LogP contribution in [0, 0.1) is 5.82 Å². The number of nitrogens with zero attached hydrogens (tertiary/aromatic N) is 3. The lowest BCUT2D eigenvalue weighted by atomic mass is 9.98. The van der Waals surface area contributed by atoms with Gasteiger partial charge in [-0.15, -0.1) is 0 Å². The molecule has 0 aliphatic heterocycles. The van der Waals surface area contributed by atoms with Gasteiger partial charge in [0.25, 0.3) is 0 Å². The molecule has 4 rings (SSSR count). The number of aromatic nitrogens is 3. The van der Waals surface area contributed by atoms with E-state index in [-0.39, 0.29) is 24.1 Å². The van der Waals surface area contributed by atoms with Gasteiger partial charge in [-0.2, -0.15) is 15.0 Å². The average Bonchev–Trinajstić information content (AvgIpc) is 3.23. The molecule has 0 aliphatic carbocycles. The van der Waals surface area contributed by atoms with E-state index in [0.717, 1.165) is 11.1 Å². The van der Waals surface area contributed by atoms with Gasteiger partial charge in [-0.1, -0.05) is 60.7 Å². The lowest BCUT2D eigenvalue weighted by Gasteiger charge is -2.16. The number of rotatable bonds is 6. The van der Waals surface area contributed by atoms with Crippen molar-refractivity contribution in [2.75, 3.05) is 0 Å². The summed E-state index contributed by atoms with van der Waals surface area (Å²) in [6.45, 7) is 0. The van der Waals surface area contributed by atoms with Crippen LogP contribution in [0.3, 0.4) is 0 Å². The third-order valence-corrected chi connectivity index (χ3v) is 4.59. The van der Waals surface area contributed by atoms with E-state index in [1.54, 1.807) is 23.1 Å². The summed E-state index contributed by atoms with van der Waals surface area (Å²) in [5, 5.41) is 8.96. The summed E-state index contributed by atoms with van der Waals surface area (Å²) < 4.78 is 13.2. The van der Waals surface area contributed by atoms with Crippen molar-refractivity contribution in [3.63, 3.8) is 0 Å². The van der Waals surface area contributed by atoms with E-state index in [9.17, 15) is 9.18 Å². The van der Waals surface area contributed by atoms with E-state index in [0.29, 0.717) is 11.3 Å². The zero-order valence-electron chi connectivity index (χ0n) is 15.1. The molecule has 4 aromatic rings. The van der Waals surface area contributed by atoms with Crippen LogP contribution in [0.4, 0.5) is 4.39 Å². The van der Waals surface area contributed by atoms with Crippen LogP contribution in [0.2, 0.25) is 0 Å². The zero-order valence-corrected chi connectivity index (χ0v) is 15.1. The molecule has 1 unspecified atom stereocenters. The highest BCUT2D eigenvalue weighted by Gasteiger charge is 2.21. The Balaban J connectivity index is 1.66. The van der Waals surface area contributed by atoms with E-state index < -0.39 is 0 Å². The van der Waals surface area contributed by atoms with Crippen LogP contribution in [0.5, 0.6) is 0 Å². The third kappa shape index (κ3) is 3.88. The number of carbonyl (C=O) groups is 1. The second kappa shape index (κ2) is 7.96. The Kier molecular flexibility index (Phi) is 5.06. The lowest BCUT2D eigenvalue weighted by molar-refractivity contribution is 0.0964. The molecule has 1 heterocycles. The Morgan fingerprint density at radius 1 is 0.893 bits per heavy atom. The highest BCUT2D eigenvalue weighted by Crippen LogP contribution is 2.25. The molecule has 0 bridgehead atoms. The first-order valence-electron chi connectivity index (χ1n) is 9.01. The van der Waals surface area contributed by atoms with Gasteiger partial charge in [0.05, 0.1) is 6.20 Å². The maximum atomic E-state index is 13.2. The Morgan fingerprint density at radius 2 is 1.54 bits per heavy atom. The first-order chi connectivity index (χ1) is 13.7. The SMILES string of the molecule is O=C(CC(c1ccccc1)n1ncc(-c2ccc(F)cc2)n1)c1ccccc1. The Morgan fingerprint density at radius 3 is 2.21 bits per heavy atom. The Labute approximate surface area is 162 Å². The smallest absolute Gasteiger partial charge is 0.165 e. The van der Waals surface area contributed by atoms with Crippen LogP contribution < -0.4 is 0 Å². The topological polar surface area (TPSA) is 47.8 Å². The van der Waals surface area contributed by atoms with Crippen molar-refractivity contribution < 1.29 is 9.18 Å². The number of benzene rings is 3. The van der Waals surface area contributed by atoms with Gasteiger partial charge in [0.2, 0.25) is 0 Å². The number of hydrogen-bond acceptors (Lipinski definition) is 3. The fraction of sp³-hybridized carbons (Fsp3) is 0.0870. The predicted molar refractivity (Wildman–Crippen MR) is 105 cm³/mol. The fourth-order valence-electron chi connectivity index (χ4n) is 3.10. The van der Waals surface area contributed by atoms with Gasteiger partial charge in [-0.3, -0.25) is 4.79 Å². The molecule has 5 heteroatoms. The quantitative estimate of drug-likeness (QED) is 0.451. The molecule has 0 saturated carbocycles. The van der Waals surface area contributed by atoms with Crippen LogP contribution in [0.1, 0.15) is 28.4 Å². The summed E-state index contributed by atoms with van der Waals surface area (Å²) in [7, 11) is 0. The molecule has 0 spiro atoms. The minimum Gasteiger partial charge on any atom is -0.294 e. The van der Waals surface area contributed by atoms with Crippen LogP contribution in [0.15, 0.2) is 91.1 Å². The first kappa shape index (κ1) is 17.8. The molecule has 1 aromatic heterocycles. The molecule has 0 N–H and O–H groups in total. The van der Waals surface area contributed by atoms with Crippen LogP contribution in [-0.2, 0) is 0 Å². The van der Waals surface area contributed by atoms with Gasteiger partial charge in [-0.25, -0.2) is 4.39 Å². The average molecular weight is 371 g/mol. The van der Waals surface area contributed by atoms with Crippen molar-refractivity contribution >= 4 is 5.78 Å². The third-order valence-electron chi connectivity index (χ3n) is 4.59. The lowest BCUT2D eigenvalue weighted by Crippen LogP contribution is -2.18. The second-order valence-corrected chi connectivity index (χ2v) is 6.48. The summed E-state index contributed by atoms with van der Waals surface area (Å²) in [6, 6.07) is 24.7. The molecule has 0 fully saturated rings. The summed E-state index contributed by atoms with van der Waals surface area (Å²) in [5.41, 5.74) is 3.02. The van der Waals surface area contributed by atoms with Gasteiger partial charge in [0.1, 0.15) is 17.6 Å². The van der Waals surface area contributed by atoms with Crippen molar-refractivity contribution in [1.29, 1.82) is 0 Å². The highest BCUT2D eigenvalue weighted by atomic mass is 19.1. The molecule has 28 heavy (non-hydrogen) atoms. The number of hydrogen-bond donors (Lipinski definition) is 0. The summed E-state index contributed by atoms with van der Waals surface area (Å²) in [4.78, 5) is 14.4. The normalized spacial score (nSPS) is 11.9. The Bertz CT molecular complexity index is 1060. The van der Waals surface area contributed by atoms with E-state index in [1.165, 1.54) is 12.1 Å². The van der Waals surface area contributed by atoms with Crippen molar-refractivity contribution in [3.8, 4) is 11.3 Å². The van der Waals surface area contributed by atoms with Gasteiger partial charge >= 0.3 is 0 Å². The molecule has 0 amide bonds. The second-order valence-electron chi connectivity index (χ2n) is 6.48. The summed E-state index contributed by atoms with van der Waals surface area (Å²) in [6.07, 6.45) is 1.88. The number of Topliss-reactive ketones (excluding diaryl/α,β-unsaturated/α-hetero) is 1.